The van der Waals surface area contributed by atoms with Gasteiger partial charge in [0.05, 0.1) is 6.61 Å². The minimum Gasteiger partial charge on any atom is -0.508 e. The molecule has 0 bridgehead atoms. The Kier molecular flexibility index (Phi) is 4.45. The van der Waals surface area contributed by atoms with E-state index in [-0.39, 0.29) is 11.6 Å². The monoisotopic (exact) mass is 265 g/mol. The highest BCUT2D eigenvalue weighted by atomic mass is 16.5. The first-order valence-electron chi connectivity index (χ1n) is 6.72. The number of hydrogen-bond acceptors (Lipinski definition) is 4. The summed E-state index contributed by atoms with van der Waals surface area (Å²) in [5, 5.41) is 13.4. The van der Waals surface area contributed by atoms with E-state index in [0.717, 1.165) is 30.7 Å². The Hall–Kier alpha value is -1.10. The van der Waals surface area contributed by atoms with Gasteiger partial charge in [0.25, 0.3) is 0 Å². The molecule has 1 saturated heterocycles. The van der Waals surface area contributed by atoms with Crippen LogP contribution in [0.15, 0.2) is 18.2 Å². The maximum Gasteiger partial charge on any atom is 0.120 e. The van der Waals surface area contributed by atoms with Crippen LogP contribution in [0.25, 0.3) is 0 Å². The van der Waals surface area contributed by atoms with E-state index in [2.05, 4.69) is 5.32 Å². The molecule has 4 heteroatoms. The highest BCUT2D eigenvalue weighted by Gasteiger charge is 2.35. The molecule has 2 unspecified atom stereocenters. The molecule has 2 rings (SSSR count). The van der Waals surface area contributed by atoms with E-state index in [0.29, 0.717) is 12.4 Å². The minimum absolute atomic E-state index is 0.0764. The van der Waals surface area contributed by atoms with Gasteiger partial charge in [0.2, 0.25) is 0 Å². The number of phenols is 1. The van der Waals surface area contributed by atoms with Crippen LogP contribution in [0.5, 0.6) is 5.75 Å². The molecule has 0 aromatic heterocycles. The van der Waals surface area contributed by atoms with Crippen molar-refractivity contribution in [1.82, 2.24) is 5.32 Å². The summed E-state index contributed by atoms with van der Waals surface area (Å²) in [6, 6.07) is 5.74. The van der Waals surface area contributed by atoms with Crippen LogP contribution < -0.4 is 5.32 Å². The average molecular weight is 265 g/mol. The van der Waals surface area contributed by atoms with Crippen LogP contribution in [0.3, 0.4) is 0 Å². The standard InChI is InChI=1S/C15H23NO3/c1-11-4-5-14(17)13(8-11)12(2)16-9-15(18-3)6-7-19-10-15/h4-5,8,12,16-17H,6-7,9-10H2,1-3H3. The van der Waals surface area contributed by atoms with E-state index in [1.165, 1.54) is 0 Å². The lowest BCUT2D eigenvalue weighted by Gasteiger charge is -2.28. The van der Waals surface area contributed by atoms with Crippen LogP contribution in [0.2, 0.25) is 0 Å². The van der Waals surface area contributed by atoms with Gasteiger partial charge >= 0.3 is 0 Å². The quantitative estimate of drug-likeness (QED) is 0.856. The largest absolute Gasteiger partial charge is 0.508 e. The molecule has 4 nitrogen and oxygen atoms in total. The zero-order chi connectivity index (χ0) is 13.9. The number of phenolic OH excluding ortho intramolecular Hbond substituents is 1. The van der Waals surface area contributed by atoms with E-state index >= 15 is 0 Å². The van der Waals surface area contributed by atoms with E-state index in [1.807, 2.05) is 26.0 Å². The Labute approximate surface area is 114 Å². The van der Waals surface area contributed by atoms with Crippen molar-refractivity contribution in [3.63, 3.8) is 0 Å². The Morgan fingerprint density at radius 2 is 2.32 bits per heavy atom. The molecular formula is C15H23NO3. The van der Waals surface area contributed by atoms with Crippen molar-refractivity contribution in [3.05, 3.63) is 29.3 Å². The molecule has 0 amide bonds. The van der Waals surface area contributed by atoms with Crippen molar-refractivity contribution in [2.75, 3.05) is 26.9 Å². The third kappa shape index (κ3) is 3.26. The van der Waals surface area contributed by atoms with Gasteiger partial charge in [0.1, 0.15) is 11.4 Å². The van der Waals surface area contributed by atoms with Gasteiger partial charge in [-0.1, -0.05) is 17.7 Å². The average Bonchev–Trinajstić information content (AvgIpc) is 2.88. The third-order valence-corrected chi connectivity index (χ3v) is 3.88. The van der Waals surface area contributed by atoms with Crippen molar-refractivity contribution in [2.45, 2.75) is 31.9 Å². The first-order chi connectivity index (χ1) is 9.06. The Bertz CT molecular complexity index is 427. The van der Waals surface area contributed by atoms with Gasteiger partial charge in [0, 0.05) is 38.3 Å². The van der Waals surface area contributed by atoms with E-state index in [4.69, 9.17) is 9.47 Å². The summed E-state index contributed by atoms with van der Waals surface area (Å²) in [5.41, 5.74) is 1.84. The molecule has 1 aliphatic heterocycles. The summed E-state index contributed by atoms with van der Waals surface area (Å²) in [7, 11) is 1.73. The molecule has 106 valence electrons. The van der Waals surface area contributed by atoms with Crippen molar-refractivity contribution in [3.8, 4) is 5.75 Å². The van der Waals surface area contributed by atoms with Gasteiger partial charge in [-0.3, -0.25) is 0 Å². The molecule has 1 aromatic rings. The van der Waals surface area contributed by atoms with Crippen molar-refractivity contribution in [1.29, 1.82) is 0 Å². The number of hydrogen-bond donors (Lipinski definition) is 2. The van der Waals surface area contributed by atoms with Crippen LogP contribution in [0.4, 0.5) is 0 Å². The summed E-state index contributed by atoms with van der Waals surface area (Å²) in [4.78, 5) is 0. The summed E-state index contributed by atoms with van der Waals surface area (Å²) in [6.07, 6.45) is 0.906. The second-order valence-electron chi connectivity index (χ2n) is 5.35. The maximum atomic E-state index is 9.92. The first kappa shape index (κ1) is 14.3. The molecule has 1 aliphatic rings. The van der Waals surface area contributed by atoms with Crippen LogP contribution in [0, 0.1) is 6.92 Å². The fourth-order valence-corrected chi connectivity index (χ4v) is 2.43. The highest BCUT2D eigenvalue weighted by Crippen LogP contribution is 2.27. The highest BCUT2D eigenvalue weighted by molar-refractivity contribution is 5.37. The van der Waals surface area contributed by atoms with Crippen LogP contribution in [0.1, 0.15) is 30.5 Å². The van der Waals surface area contributed by atoms with Gasteiger partial charge in [-0.2, -0.15) is 0 Å². The van der Waals surface area contributed by atoms with Crippen molar-refractivity contribution < 1.29 is 14.6 Å². The Balaban J connectivity index is 2.00. The van der Waals surface area contributed by atoms with Gasteiger partial charge in [0.15, 0.2) is 0 Å². The second kappa shape index (κ2) is 5.90. The fraction of sp³-hybridized carbons (Fsp3) is 0.600. The topological polar surface area (TPSA) is 50.7 Å². The van der Waals surface area contributed by atoms with E-state index in [9.17, 15) is 5.11 Å². The SMILES string of the molecule is COC1(CNC(C)c2cc(C)ccc2O)CCOC1. The molecule has 1 aromatic carbocycles. The lowest BCUT2D eigenvalue weighted by Crippen LogP contribution is -2.43. The van der Waals surface area contributed by atoms with Crippen molar-refractivity contribution in [2.24, 2.45) is 0 Å². The predicted molar refractivity (Wildman–Crippen MR) is 74.4 cm³/mol. The maximum absolute atomic E-state index is 9.92. The number of aromatic hydroxyl groups is 1. The number of benzene rings is 1. The molecule has 1 heterocycles. The summed E-state index contributed by atoms with van der Waals surface area (Å²) >= 11 is 0. The van der Waals surface area contributed by atoms with Crippen molar-refractivity contribution >= 4 is 0 Å². The third-order valence-electron chi connectivity index (χ3n) is 3.88. The summed E-state index contributed by atoms with van der Waals surface area (Å²) < 4.78 is 11.0. The number of ether oxygens (including phenoxy) is 2. The Morgan fingerprint density at radius 1 is 1.53 bits per heavy atom. The molecule has 0 aliphatic carbocycles. The summed E-state index contributed by atoms with van der Waals surface area (Å²) in [5.74, 6) is 0.333. The van der Waals surface area contributed by atoms with Crippen LogP contribution in [-0.4, -0.2) is 37.6 Å². The number of methoxy groups -OCH3 is 1. The number of nitrogens with one attached hydrogen (secondary N) is 1. The van der Waals surface area contributed by atoms with E-state index < -0.39 is 0 Å². The molecule has 2 atom stereocenters. The molecule has 19 heavy (non-hydrogen) atoms. The van der Waals surface area contributed by atoms with Gasteiger partial charge in [-0.15, -0.1) is 0 Å². The summed E-state index contributed by atoms with van der Waals surface area (Å²) in [6.45, 7) is 6.17. The number of aryl methyl sites for hydroxylation is 1. The van der Waals surface area contributed by atoms with Gasteiger partial charge in [-0.05, 0) is 19.9 Å². The Morgan fingerprint density at radius 3 is 2.95 bits per heavy atom. The molecule has 1 fully saturated rings. The van der Waals surface area contributed by atoms with Crippen LogP contribution in [-0.2, 0) is 9.47 Å². The van der Waals surface area contributed by atoms with Gasteiger partial charge < -0.3 is 19.9 Å². The zero-order valence-corrected chi connectivity index (χ0v) is 11.9. The predicted octanol–water partition coefficient (Wildman–Crippen LogP) is 2.16. The molecule has 0 saturated carbocycles. The van der Waals surface area contributed by atoms with Crippen LogP contribution >= 0.6 is 0 Å². The molecular weight excluding hydrogens is 242 g/mol. The fourth-order valence-electron chi connectivity index (χ4n) is 2.43. The lowest BCUT2D eigenvalue weighted by molar-refractivity contribution is -0.0172. The normalized spacial score (nSPS) is 24.6. The lowest BCUT2D eigenvalue weighted by atomic mass is 10.0. The van der Waals surface area contributed by atoms with Gasteiger partial charge in [-0.25, -0.2) is 0 Å². The smallest absolute Gasteiger partial charge is 0.120 e. The number of rotatable bonds is 5. The second-order valence-corrected chi connectivity index (χ2v) is 5.35. The molecule has 0 spiro atoms. The molecule has 2 N–H and O–H groups in total. The zero-order valence-electron chi connectivity index (χ0n) is 11.9. The minimum atomic E-state index is -0.228. The molecule has 0 radical (unpaired) electrons. The first-order valence-corrected chi connectivity index (χ1v) is 6.72. The van der Waals surface area contributed by atoms with E-state index in [1.54, 1.807) is 13.2 Å².